The van der Waals surface area contributed by atoms with Gasteiger partial charge >= 0.3 is 5.76 Å². The van der Waals surface area contributed by atoms with E-state index in [0.29, 0.717) is 17.5 Å². The number of fused-ring (bicyclic) bond motifs is 1. The Kier molecular flexibility index (Phi) is 5.64. The summed E-state index contributed by atoms with van der Waals surface area (Å²) >= 11 is 1.57. The molecule has 0 radical (unpaired) electrons. The molecule has 1 unspecified atom stereocenters. The van der Waals surface area contributed by atoms with Crippen molar-refractivity contribution < 1.29 is 4.52 Å². The van der Waals surface area contributed by atoms with Crippen molar-refractivity contribution in [1.29, 1.82) is 0 Å². The van der Waals surface area contributed by atoms with Gasteiger partial charge < -0.3 is 9.88 Å². The maximum atomic E-state index is 11.6. The molecule has 34 heavy (non-hydrogen) atoms. The third-order valence-corrected chi connectivity index (χ3v) is 8.03. The van der Waals surface area contributed by atoms with Crippen molar-refractivity contribution in [2.75, 3.05) is 5.32 Å². The fourth-order valence-electron chi connectivity index (χ4n) is 5.14. The molecule has 0 amide bonds. The number of thiazole rings is 1. The van der Waals surface area contributed by atoms with E-state index in [4.69, 9.17) is 19.5 Å². The lowest BCUT2D eigenvalue weighted by atomic mass is 9.80. The standard InChI is InChI=1S/C23H28N8O2S/c1-13(15-8-5-9-15)25-17-16-18(27-19(26-17)20-29-23(32)33-30-20)28-21(22-24-10-11-34-22)31(16)12-14-6-3-2-4-7-14/h10-11,13-15H,2-9,12H2,1H3,(H,25,26,27)(H,29,30,32). The van der Waals surface area contributed by atoms with Gasteiger partial charge in [-0.2, -0.15) is 0 Å². The number of rotatable bonds is 7. The highest BCUT2D eigenvalue weighted by Gasteiger charge is 2.28. The monoisotopic (exact) mass is 480 g/mol. The Balaban J connectivity index is 1.51. The van der Waals surface area contributed by atoms with Crippen LogP contribution in [-0.4, -0.2) is 40.7 Å². The van der Waals surface area contributed by atoms with Gasteiger partial charge in [-0.05, 0) is 44.4 Å². The highest BCUT2D eigenvalue weighted by molar-refractivity contribution is 7.13. The van der Waals surface area contributed by atoms with E-state index >= 15 is 0 Å². The van der Waals surface area contributed by atoms with Crippen LogP contribution in [0.25, 0.3) is 33.6 Å². The van der Waals surface area contributed by atoms with Gasteiger partial charge in [0.05, 0.1) is 0 Å². The van der Waals surface area contributed by atoms with Crippen LogP contribution in [0.1, 0.15) is 58.3 Å². The fraction of sp³-hybridized carbons (Fsp3) is 0.565. The van der Waals surface area contributed by atoms with Gasteiger partial charge in [0.1, 0.15) is 5.52 Å². The van der Waals surface area contributed by atoms with E-state index in [1.165, 1.54) is 51.4 Å². The number of imidazole rings is 1. The summed E-state index contributed by atoms with van der Waals surface area (Å²) in [6.07, 6.45) is 11.8. The summed E-state index contributed by atoms with van der Waals surface area (Å²) in [5, 5.41) is 10.3. The molecule has 6 rings (SSSR count). The van der Waals surface area contributed by atoms with Crippen molar-refractivity contribution >= 4 is 28.3 Å². The highest BCUT2D eigenvalue weighted by Crippen LogP contribution is 2.36. The second-order valence-electron chi connectivity index (χ2n) is 9.52. The molecule has 4 heterocycles. The van der Waals surface area contributed by atoms with Gasteiger partial charge in [-0.25, -0.2) is 24.7 Å². The number of aromatic nitrogens is 7. The lowest BCUT2D eigenvalue weighted by Gasteiger charge is -2.32. The molecule has 178 valence electrons. The van der Waals surface area contributed by atoms with Gasteiger partial charge in [-0.1, -0.05) is 30.8 Å². The first kappa shape index (κ1) is 21.5. The lowest BCUT2D eigenvalue weighted by molar-refractivity contribution is 0.285. The zero-order valence-electron chi connectivity index (χ0n) is 19.2. The summed E-state index contributed by atoms with van der Waals surface area (Å²) in [4.78, 5) is 33.1. The number of anilines is 1. The van der Waals surface area contributed by atoms with Crippen LogP contribution in [0.5, 0.6) is 0 Å². The molecule has 1 atom stereocenters. The molecule has 0 aromatic carbocycles. The summed E-state index contributed by atoms with van der Waals surface area (Å²) in [5.74, 6) is 2.59. The minimum atomic E-state index is -0.637. The quantitative estimate of drug-likeness (QED) is 0.396. The van der Waals surface area contributed by atoms with E-state index in [1.54, 1.807) is 17.5 Å². The maximum Gasteiger partial charge on any atom is 0.439 e. The Morgan fingerprint density at radius 2 is 2.03 bits per heavy atom. The molecular weight excluding hydrogens is 452 g/mol. The Morgan fingerprint density at radius 3 is 2.71 bits per heavy atom. The second-order valence-corrected chi connectivity index (χ2v) is 10.4. The number of hydrogen-bond donors (Lipinski definition) is 2. The van der Waals surface area contributed by atoms with Gasteiger partial charge in [0.25, 0.3) is 0 Å². The molecule has 0 spiro atoms. The Morgan fingerprint density at radius 1 is 1.18 bits per heavy atom. The zero-order chi connectivity index (χ0) is 23.1. The highest BCUT2D eigenvalue weighted by atomic mass is 32.1. The van der Waals surface area contributed by atoms with Crippen molar-refractivity contribution in [3.8, 4) is 22.5 Å². The Bertz CT molecular complexity index is 1330. The zero-order valence-corrected chi connectivity index (χ0v) is 20.0. The number of nitrogens with one attached hydrogen (secondary N) is 2. The molecule has 10 nitrogen and oxygen atoms in total. The minimum Gasteiger partial charge on any atom is -0.365 e. The van der Waals surface area contributed by atoms with Crippen molar-refractivity contribution in [2.24, 2.45) is 11.8 Å². The first-order valence-corrected chi connectivity index (χ1v) is 13.0. The van der Waals surface area contributed by atoms with Crippen molar-refractivity contribution in [2.45, 2.75) is 70.9 Å². The Hall–Kier alpha value is -3.08. The number of hydrogen-bond acceptors (Lipinski definition) is 9. The normalized spacial score (nSPS) is 18.3. The van der Waals surface area contributed by atoms with Crippen LogP contribution in [0, 0.1) is 11.8 Å². The first-order chi connectivity index (χ1) is 16.7. The molecule has 2 aliphatic rings. The van der Waals surface area contributed by atoms with Crippen LogP contribution in [0.3, 0.4) is 0 Å². The molecule has 2 fully saturated rings. The second kappa shape index (κ2) is 8.94. The molecule has 4 aromatic heterocycles. The van der Waals surface area contributed by atoms with E-state index in [9.17, 15) is 4.79 Å². The van der Waals surface area contributed by atoms with Gasteiger partial charge in [0.2, 0.25) is 11.6 Å². The fourth-order valence-corrected chi connectivity index (χ4v) is 5.78. The largest absolute Gasteiger partial charge is 0.439 e. The van der Waals surface area contributed by atoms with Crippen LogP contribution >= 0.6 is 11.3 Å². The van der Waals surface area contributed by atoms with Crippen molar-refractivity contribution in [3.63, 3.8) is 0 Å². The Labute approximate surface area is 200 Å². The summed E-state index contributed by atoms with van der Waals surface area (Å²) in [7, 11) is 0. The first-order valence-electron chi connectivity index (χ1n) is 12.2. The SMILES string of the molecule is CC(Nc1nc(-c2noc(=O)[nH]2)nc2nc(-c3nccs3)n(CC3CCCCC3)c12)C1CCC1. The summed E-state index contributed by atoms with van der Waals surface area (Å²) in [5.41, 5.74) is 1.45. The summed E-state index contributed by atoms with van der Waals surface area (Å²) < 4.78 is 6.97. The molecule has 0 aliphatic heterocycles. The average Bonchev–Trinajstić information content (AvgIpc) is 3.53. The van der Waals surface area contributed by atoms with Gasteiger partial charge in [0, 0.05) is 24.2 Å². The third-order valence-electron chi connectivity index (χ3n) is 7.27. The maximum absolute atomic E-state index is 11.6. The van der Waals surface area contributed by atoms with E-state index in [2.05, 4.69) is 31.9 Å². The summed E-state index contributed by atoms with van der Waals surface area (Å²) in [6, 6.07) is 0.261. The molecule has 2 N–H and O–H groups in total. The van der Waals surface area contributed by atoms with E-state index < -0.39 is 5.76 Å². The van der Waals surface area contributed by atoms with Gasteiger partial charge in [-0.3, -0.25) is 9.51 Å². The van der Waals surface area contributed by atoms with E-state index in [0.717, 1.165) is 28.7 Å². The van der Waals surface area contributed by atoms with Crippen LogP contribution in [0.4, 0.5) is 5.82 Å². The predicted molar refractivity (Wildman–Crippen MR) is 130 cm³/mol. The smallest absolute Gasteiger partial charge is 0.365 e. The van der Waals surface area contributed by atoms with Crippen LogP contribution in [-0.2, 0) is 6.54 Å². The lowest BCUT2D eigenvalue weighted by Crippen LogP contribution is -2.31. The van der Waals surface area contributed by atoms with Crippen LogP contribution in [0.15, 0.2) is 20.9 Å². The molecule has 0 bridgehead atoms. The van der Waals surface area contributed by atoms with E-state index in [1.807, 2.05) is 5.38 Å². The molecule has 2 saturated carbocycles. The molecule has 11 heteroatoms. The number of nitrogens with zero attached hydrogens (tertiary/aromatic N) is 6. The molecule has 4 aromatic rings. The minimum absolute atomic E-state index is 0.198. The van der Waals surface area contributed by atoms with Gasteiger partial charge in [0.15, 0.2) is 22.3 Å². The van der Waals surface area contributed by atoms with Gasteiger partial charge in [-0.15, -0.1) is 11.3 Å². The van der Waals surface area contributed by atoms with Crippen molar-refractivity contribution in [3.05, 3.63) is 22.1 Å². The van der Waals surface area contributed by atoms with Crippen LogP contribution in [0.2, 0.25) is 0 Å². The third kappa shape index (κ3) is 4.02. The molecular formula is C23H28N8O2S. The average molecular weight is 481 g/mol. The number of aromatic amines is 1. The molecule has 2 aliphatic carbocycles. The topological polar surface area (TPSA) is 127 Å². The van der Waals surface area contributed by atoms with Crippen LogP contribution < -0.4 is 11.1 Å². The van der Waals surface area contributed by atoms with Crippen molar-refractivity contribution in [1.82, 2.24) is 34.6 Å². The molecule has 0 saturated heterocycles. The summed E-state index contributed by atoms with van der Waals surface area (Å²) in [6.45, 7) is 3.07. The number of H-pyrrole nitrogens is 1. The predicted octanol–water partition coefficient (Wildman–Crippen LogP) is 4.47. The van der Waals surface area contributed by atoms with E-state index in [-0.39, 0.29) is 17.7 Å².